The van der Waals surface area contributed by atoms with Gasteiger partial charge in [-0.25, -0.2) is 4.79 Å². The van der Waals surface area contributed by atoms with E-state index in [1.807, 2.05) is 0 Å². The Kier molecular flexibility index (Phi) is 2.49. The fraction of sp³-hybridized carbons (Fsp3) is 0.875. The van der Waals surface area contributed by atoms with E-state index in [1.54, 1.807) is 0 Å². The summed E-state index contributed by atoms with van der Waals surface area (Å²) in [6.45, 7) is 0. The van der Waals surface area contributed by atoms with Gasteiger partial charge in [-0.1, -0.05) is 6.42 Å². The molecule has 3 heteroatoms. The Labute approximate surface area is 66.9 Å². The maximum absolute atomic E-state index is 11.2. The van der Waals surface area contributed by atoms with Gasteiger partial charge >= 0.3 is 5.97 Å². The van der Waals surface area contributed by atoms with E-state index in [0.29, 0.717) is 0 Å². The van der Waals surface area contributed by atoms with Crippen molar-refractivity contribution in [1.82, 2.24) is 0 Å². The molecular weight excluding hydrogens is 142 g/mol. The third-order valence-electron chi connectivity index (χ3n) is 2.43. The fourth-order valence-corrected chi connectivity index (χ4v) is 1.65. The zero-order valence-electron chi connectivity index (χ0n) is 7.06. The molecule has 0 amide bonds. The van der Waals surface area contributed by atoms with Crippen molar-refractivity contribution in [2.75, 3.05) is 7.11 Å². The molecule has 0 bridgehead atoms. The van der Waals surface area contributed by atoms with Crippen molar-refractivity contribution in [1.29, 1.82) is 0 Å². The molecule has 1 saturated carbocycles. The molecule has 3 N–H and O–H groups in total. The molecular formula is C8H16NO2+. The highest BCUT2D eigenvalue weighted by atomic mass is 16.5. The number of quaternary nitrogens is 1. The van der Waals surface area contributed by atoms with Crippen LogP contribution in [0.4, 0.5) is 0 Å². The zero-order valence-corrected chi connectivity index (χ0v) is 7.06. The van der Waals surface area contributed by atoms with E-state index in [0.717, 1.165) is 25.7 Å². The minimum absolute atomic E-state index is 0.141. The summed E-state index contributed by atoms with van der Waals surface area (Å²) in [6, 6.07) is 0. The molecule has 1 rings (SSSR count). The van der Waals surface area contributed by atoms with Crippen molar-refractivity contribution in [2.45, 2.75) is 37.6 Å². The molecule has 1 aliphatic carbocycles. The van der Waals surface area contributed by atoms with Gasteiger partial charge in [-0.15, -0.1) is 0 Å². The molecule has 1 aliphatic rings. The summed E-state index contributed by atoms with van der Waals surface area (Å²) in [4.78, 5) is 11.2. The number of rotatable bonds is 1. The van der Waals surface area contributed by atoms with E-state index < -0.39 is 5.54 Å². The van der Waals surface area contributed by atoms with Gasteiger partial charge in [0, 0.05) is 12.8 Å². The van der Waals surface area contributed by atoms with Crippen LogP contribution < -0.4 is 5.73 Å². The van der Waals surface area contributed by atoms with Crippen LogP contribution in [0.15, 0.2) is 0 Å². The Balaban J connectivity index is 2.56. The van der Waals surface area contributed by atoms with E-state index in [9.17, 15) is 4.79 Å². The van der Waals surface area contributed by atoms with Crippen LogP contribution in [0.2, 0.25) is 0 Å². The Bertz CT molecular complexity index is 150. The van der Waals surface area contributed by atoms with E-state index in [2.05, 4.69) is 5.73 Å². The first kappa shape index (κ1) is 8.53. The largest absolute Gasteiger partial charge is 0.464 e. The molecule has 0 aromatic carbocycles. The number of esters is 1. The lowest BCUT2D eigenvalue weighted by Gasteiger charge is -2.26. The van der Waals surface area contributed by atoms with Gasteiger partial charge in [-0.3, -0.25) is 0 Å². The van der Waals surface area contributed by atoms with Crippen LogP contribution in [-0.2, 0) is 9.53 Å². The average Bonchev–Trinajstić information content (AvgIpc) is 2.04. The summed E-state index contributed by atoms with van der Waals surface area (Å²) in [5.41, 5.74) is 3.50. The van der Waals surface area contributed by atoms with Crippen molar-refractivity contribution in [3.8, 4) is 0 Å². The molecule has 0 unspecified atom stereocenters. The Morgan fingerprint density at radius 1 is 1.36 bits per heavy atom. The fourth-order valence-electron chi connectivity index (χ4n) is 1.65. The van der Waals surface area contributed by atoms with Crippen LogP contribution in [0.1, 0.15) is 32.1 Å². The van der Waals surface area contributed by atoms with Gasteiger partial charge in [-0.05, 0) is 12.8 Å². The number of methoxy groups -OCH3 is 1. The van der Waals surface area contributed by atoms with Crippen LogP contribution in [-0.4, -0.2) is 18.6 Å². The topological polar surface area (TPSA) is 53.9 Å². The smallest absolute Gasteiger partial charge is 0.367 e. The molecule has 0 radical (unpaired) electrons. The van der Waals surface area contributed by atoms with Crippen LogP contribution in [0, 0.1) is 0 Å². The predicted molar refractivity (Wildman–Crippen MR) is 40.7 cm³/mol. The van der Waals surface area contributed by atoms with Crippen LogP contribution in [0.5, 0.6) is 0 Å². The van der Waals surface area contributed by atoms with E-state index >= 15 is 0 Å². The average molecular weight is 158 g/mol. The zero-order chi connectivity index (χ0) is 8.32. The van der Waals surface area contributed by atoms with Gasteiger partial charge < -0.3 is 10.5 Å². The van der Waals surface area contributed by atoms with E-state index in [-0.39, 0.29) is 5.97 Å². The highest BCUT2D eigenvalue weighted by Crippen LogP contribution is 2.24. The van der Waals surface area contributed by atoms with Crippen molar-refractivity contribution in [2.24, 2.45) is 0 Å². The molecule has 0 aliphatic heterocycles. The summed E-state index contributed by atoms with van der Waals surface area (Å²) in [5.74, 6) is -0.141. The molecule has 3 nitrogen and oxygen atoms in total. The third-order valence-corrected chi connectivity index (χ3v) is 2.43. The lowest BCUT2D eigenvalue weighted by atomic mass is 9.83. The number of hydrogen-bond donors (Lipinski definition) is 1. The van der Waals surface area contributed by atoms with Gasteiger partial charge in [0.05, 0.1) is 7.11 Å². The quantitative estimate of drug-likeness (QED) is 0.550. The first-order chi connectivity index (χ1) is 5.19. The second-order valence-electron chi connectivity index (χ2n) is 3.33. The lowest BCUT2D eigenvalue weighted by Crippen LogP contribution is -2.77. The van der Waals surface area contributed by atoms with Gasteiger partial charge in [-0.2, -0.15) is 0 Å². The summed E-state index contributed by atoms with van der Waals surface area (Å²) in [5, 5.41) is 0. The van der Waals surface area contributed by atoms with E-state index in [4.69, 9.17) is 4.74 Å². The van der Waals surface area contributed by atoms with Crippen molar-refractivity contribution >= 4 is 5.97 Å². The molecule has 64 valence electrons. The maximum atomic E-state index is 11.2. The third kappa shape index (κ3) is 1.71. The standard InChI is InChI=1S/C8H15NO2/c1-11-7(10)8(9)5-3-2-4-6-8/h2-6,9H2,1H3/p+1. The van der Waals surface area contributed by atoms with Gasteiger partial charge in [0.2, 0.25) is 0 Å². The minimum atomic E-state index is -0.424. The Morgan fingerprint density at radius 2 is 1.91 bits per heavy atom. The monoisotopic (exact) mass is 158 g/mol. The normalized spacial score (nSPS) is 22.7. The van der Waals surface area contributed by atoms with Crippen LogP contribution >= 0.6 is 0 Å². The maximum Gasteiger partial charge on any atom is 0.367 e. The second kappa shape index (κ2) is 3.22. The Morgan fingerprint density at radius 3 is 2.36 bits per heavy atom. The summed E-state index contributed by atoms with van der Waals surface area (Å²) in [7, 11) is 1.43. The Hall–Kier alpha value is -0.570. The molecule has 1 fully saturated rings. The summed E-state index contributed by atoms with van der Waals surface area (Å²) in [6.07, 6.45) is 5.23. The SMILES string of the molecule is COC(=O)C1([NH3+])CCCCC1. The number of carbonyl (C=O) groups is 1. The number of ether oxygens (including phenoxy) is 1. The molecule has 0 spiro atoms. The first-order valence-corrected chi connectivity index (χ1v) is 4.13. The molecule has 0 heterocycles. The first-order valence-electron chi connectivity index (χ1n) is 4.13. The molecule has 11 heavy (non-hydrogen) atoms. The molecule has 0 atom stereocenters. The van der Waals surface area contributed by atoms with Gasteiger partial charge in [0.15, 0.2) is 5.54 Å². The highest BCUT2D eigenvalue weighted by Gasteiger charge is 2.40. The lowest BCUT2D eigenvalue weighted by molar-refractivity contribution is -0.468. The summed E-state index contributed by atoms with van der Waals surface area (Å²) >= 11 is 0. The van der Waals surface area contributed by atoms with Crippen molar-refractivity contribution in [3.63, 3.8) is 0 Å². The molecule has 0 aromatic heterocycles. The van der Waals surface area contributed by atoms with Crippen molar-refractivity contribution in [3.05, 3.63) is 0 Å². The highest BCUT2D eigenvalue weighted by molar-refractivity contribution is 5.78. The number of carbonyl (C=O) groups excluding carboxylic acids is 1. The van der Waals surface area contributed by atoms with E-state index in [1.165, 1.54) is 13.5 Å². The predicted octanol–water partition coefficient (Wildman–Crippen LogP) is 0.104. The second-order valence-corrected chi connectivity index (χ2v) is 3.33. The molecule has 0 saturated heterocycles. The summed E-state index contributed by atoms with van der Waals surface area (Å²) < 4.78 is 4.69. The van der Waals surface area contributed by atoms with Crippen LogP contribution in [0.3, 0.4) is 0 Å². The minimum Gasteiger partial charge on any atom is -0.464 e. The van der Waals surface area contributed by atoms with Crippen LogP contribution in [0.25, 0.3) is 0 Å². The molecule has 0 aromatic rings. The number of hydrogen-bond acceptors (Lipinski definition) is 2. The van der Waals surface area contributed by atoms with Gasteiger partial charge in [0.1, 0.15) is 0 Å². The van der Waals surface area contributed by atoms with Crippen molar-refractivity contribution < 1.29 is 15.3 Å². The van der Waals surface area contributed by atoms with Gasteiger partial charge in [0.25, 0.3) is 0 Å².